The van der Waals surface area contributed by atoms with Crippen molar-refractivity contribution < 1.29 is 0 Å². The first-order valence-corrected chi connectivity index (χ1v) is 23.5. The van der Waals surface area contributed by atoms with Crippen LogP contribution in [-0.4, -0.2) is 0 Å². The first-order valence-electron chi connectivity index (χ1n) is 22.8. The Bertz CT molecular complexity index is 2610. The van der Waals surface area contributed by atoms with Gasteiger partial charge in [0, 0.05) is 27.1 Å². The largest absolute Gasteiger partial charge is 0.192 e. The number of unbranched alkanes of at least 4 members (excludes halogenated alkanes) is 6. The molecule has 65 heavy (non-hydrogen) atoms. The van der Waals surface area contributed by atoms with Crippen LogP contribution in [0.4, 0.5) is 0 Å². The van der Waals surface area contributed by atoms with E-state index in [9.17, 15) is 0 Å². The maximum absolute atomic E-state index is 8.98. The Hall–Kier alpha value is -6.68. The predicted octanol–water partition coefficient (Wildman–Crippen LogP) is 17.8. The molecule has 0 radical (unpaired) electrons. The summed E-state index contributed by atoms with van der Waals surface area (Å²) in [4.78, 5) is 0. The molecule has 0 aliphatic rings. The average Bonchev–Trinajstić information content (AvgIpc) is 3.36. The van der Waals surface area contributed by atoms with Gasteiger partial charge < -0.3 is 0 Å². The molecule has 0 atom stereocenters. The van der Waals surface area contributed by atoms with E-state index in [-0.39, 0.29) is 0 Å². The first-order chi connectivity index (χ1) is 31.9. The van der Waals surface area contributed by atoms with Crippen molar-refractivity contribution in [1.82, 2.24) is 0 Å². The van der Waals surface area contributed by atoms with Crippen LogP contribution in [0.25, 0.3) is 44.5 Å². The summed E-state index contributed by atoms with van der Waals surface area (Å²) in [6, 6.07) is 71.0. The lowest BCUT2D eigenvalue weighted by Gasteiger charge is -2.14. The normalized spacial score (nSPS) is 10.7. The van der Waals surface area contributed by atoms with Crippen LogP contribution in [0.5, 0.6) is 0 Å². The highest BCUT2D eigenvalue weighted by molar-refractivity contribution is 6.33. The van der Waals surface area contributed by atoms with Gasteiger partial charge in [-0.3, -0.25) is 0 Å². The van der Waals surface area contributed by atoms with Crippen LogP contribution in [-0.2, 0) is 12.8 Å². The second-order valence-corrected chi connectivity index (χ2v) is 17.5. The van der Waals surface area contributed by atoms with Crippen molar-refractivity contribution in [3.05, 3.63) is 238 Å². The highest BCUT2D eigenvalue weighted by atomic mass is 35.5. The lowest BCUT2D eigenvalue weighted by Crippen LogP contribution is -1.96. The summed E-state index contributed by atoms with van der Waals surface area (Å²) < 4.78 is 0. The molecule has 2 nitrogen and oxygen atoms in total. The van der Waals surface area contributed by atoms with Crippen LogP contribution in [0.15, 0.2) is 194 Å². The molecule has 0 aliphatic heterocycles. The van der Waals surface area contributed by atoms with Gasteiger partial charge in [0.15, 0.2) is 0 Å². The summed E-state index contributed by atoms with van der Waals surface area (Å²) in [6.45, 7) is 2.27. The van der Waals surface area contributed by atoms with Crippen molar-refractivity contribution in [2.45, 2.75) is 70.6 Å². The number of nitriles is 2. The van der Waals surface area contributed by atoms with Crippen molar-refractivity contribution in [2.24, 2.45) is 0 Å². The average molecular weight is 886 g/mol. The van der Waals surface area contributed by atoms with E-state index in [4.69, 9.17) is 33.7 Å². The third-order valence-electron chi connectivity index (χ3n) is 12.2. The first kappa shape index (κ1) is 46.3. The van der Waals surface area contributed by atoms with E-state index >= 15 is 0 Å². The molecule has 0 saturated heterocycles. The van der Waals surface area contributed by atoms with Gasteiger partial charge in [-0.25, -0.2) is 0 Å². The SMILES string of the molecule is CC(c1ccc(-c2ccccc2)cc1)c1ccc(-c2ccccc2)cc1.N#Cc1ccc(-c2ccc(CCCCCCCCCc3ccc(-c4ccc(C#N)cc4)c(Cl)c3)cc2Cl)cc1. The van der Waals surface area contributed by atoms with Crippen molar-refractivity contribution in [2.75, 3.05) is 0 Å². The minimum atomic E-state index is 0.379. The van der Waals surface area contributed by atoms with Crippen LogP contribution in [0.3, 0.4) is 0 Å². The van der Waals surface area contributed by atoms with Crippen molar-refractivity contribution >= 4 is 23.2 Å². The Morgan fingerprint density at radius 2 is 0.692 bits per heavy atom. The minimum absolute atomic E-state index is 0.379. The van der Waals surface area contributed by atoms with Gasteiger partial charge in [0.25, 0.3) is 0 Å². The van der Waals surface area contributed by atoms with Gasteiger partial charge in [-0.2, -0.15) is 10.5 Å². The van der Waals surface area contributed by atoms with Crippen LogP contribution < -0.4 is 0 Å². The number of nitrogens with zero attached hydrogens (tertiary/aromatic N) is 2. The monoisotopic (exact) mass is 884 g/mol. The van der Waals surface area contributed by atoms with Gasteiger partial charge in [0.05, 0.1) is 23.3 Å². The van der Waals surface area contributed by atoms with E-state index in [1.54, 1.807) is 0 Å². The van der Waals surface area contributed by atoms with Crippen molar-refractivity contribution in [3.8, 4) is 56.6 Å². The van der Waals surface area contributed by atoms with Crippen LogP contribution >= 0.6 is 23.2 Å². The summed E-state index contributed by atoms with van der Waals surface area (Å²) in [7, 11) is 0. The maximum atomic E-state index is 8.98. The van der Waals surface area contributed by atoms with Gasteiger partial charge in [-0.05, 0) is 118 Å². The van der Waals surface area contributed by atoms with E-state index < -0.39 is 0 Å². The predicted molar refractivity (Wildman–Crippen MR) is 274 cm³/mol. The summed E-state index contributed by atoms with van der Waals surface area (Å²) >= 11 is 13.1. The highest BCUT2D eigenvalue weighted by Crippen LogP contribution is 2.32. The molecule has 8 rings (SSSR count). The van der Waals surface area contributed by atoms with E-state index in [0.717, 1.165) is 45.1 Å². The second kappa shape index (κ2) is 23.8. The second-order valence-electron chi connectivity index (χ2n) is 16.7. The molecule has 0 bridgehead atoms. The van der Waals surface area contributed by atoms with Crippen LogP contribution in [0, 0.1) is 22.7 Å². The van der Waals surface area contributed by atoms with Gasteiger partial charge >= 0.3 is 0 Å². The molecule has 0 amide bonds. The lowest BCUT2D eigenvalue weighted by atomic mass is 9.90. The molecule has 0 aromatic heterocycles. The smallest absolute Gasteiger partial charge is 0.0991 e. The van der Waals surface area contributed by atoms with Gasteiger partial charge in [-0.15, -0.1) is 0 Å². The van der Waals surface area contributed by atoms with Gasteiger partial charge in [-0.1, -0.05) is 220 Å². The fourth-order valence-electron chi connectivity index (χ4n) is 8.27. The van der Waals surface area contributed by atoms with E-state index in [0.29, 0.717) is 17.0 Å². The summed E-state index contributed by atoms with van der Waals surface area (Å²) in [5.74, 6) is 0.379. The minimum Gasteiger partial charge on any atom is -0.192 e. The molecule has 0 unspecified atom stereocenters. The quantitative estimate of drug-likeness (QED) is 0.0908. The Balaban J connectivity index is 0.000000209. The third kappa shape index (κ3) is 13.2. The molecule has 8 aromatic rings. The van der Waals surface area contributed by atoms with E-state index in [1.807, 2.05) is 48.5 Å². The topological polar surface area (TPSA) is 47.6 Å². The fourth-order valence-corrected chi connectivity index (χ4v) is 8.89. The summed E-state index contributed by atoms with van der Waals surface area (Å²) in [5, 5.41) is 19.5. The zero-order chi connectivity index (χ0) is 45.2. The van der Waals surface area contributed by atoms with Crippen molar-refractivity contribution in [1.29, 1.82) is 10.5 Å². The van der Waals surface area contributed by atoms with Crippen LogP contribution in [0.1, 0.15) is 91.2 Å². The molecule has 322 valence electrons. The molecule has 0 fully saturated rings. The zero-order valence-corrected chi connectivity index (χ0v) is 38.6. The number of aryl methyl sites for hydroxylation is 2. The molecule has 0 spiro atoms. The molecular formula is C61H54Cl2N2. The standard InChI is InChI=1S/C35H32Cl2N2.C26H22/c36-34-22-26(14-20-32(34)30-16-10-28(24-38)11-17-30)8-6-4-2-1-3-5-7-9-27-15-21-33(35(37)23-27)31-18-12-29(25-39)13-19-31;1-20(21-12-16-25(17-13-21)23-8-4-2-5-9-23)22-14-18-26(19-15-22)24-10-6-3-7-11-24/h10-23H,1-9H2;2-20H,1H3. The van der Waals surface area contributed by atoms with E-state index in [1.165, 1.54) is 89.5 Å². The molecule has 0 saturated carbocycles. The molecule has 8 aromatic carbocycles. The van der Waals surface area contributed by atoms with Crippen LogP contribution in [0.2, 0.25) is 10.0 Å². The molecular weight excluding hydrogens is 832 g/mol. The number of halogens is 2. The lowest BCUT2D eigenvalue weighted by molar-refractivity contribution is 0.579. The Morgan fingerprint density at radius 3 is 1.03 bits per heavy atom. The Morgan fingerprint density at radius 1 is 0.369 bits per heavy atom. The maximum Gasteiger partial charge on any atom is 0.0991 e. The van der Waals surface area contributed by atoms with Crippen molar-refractivity contribution in [3.63, 3.8) is 0 Å². The number of hydrogen-bond acceptors (Lipinski definition) is 2. The molecule has 0 aliphatic carbocycles. The highest BCUT2D eigenvalue weighted by Gasteiger charge is 2.11. The molecule has 0 heterocycles. The van der Waals surface area contributed by atoms with E-state index in [2.05, 4.69) is 165 Å². The third-order valence-corrected chi connectivity index (χ3v) is 12.8. The molecule has 4 heteroatoms. The number of benzene rings is 8. The summed E-state index contributed by atoms with van der Waals surface area (Å²) in [6.07, 6.45) is 10.7. The Kier molecular flexibility index (Phi) is 17.0. The number of hydrogen-bond donors (Lipinski definition) is 0. The van der Waals surface area contributed by atoms with Gasteiger partial charge in [0.1, 0.15) is 0 Å². The zero-order valence-electron chi connectivity index (χ0n) is 37.1. The fraction of sp³-hybridized carbons (Fsp3) is 0.180. The van der Waals surface area contributed by atoms with Gasteiger partial charge in [0.2, 0.25) is 0 Å². The Labute approximate surface area is 396 Å². The molecule has 0 N–H and O–H groups in total. The number of rotatable bonds is 16. The summed E-state index contributed by atoms with van der Waals surface area (Å²) in [5.41, 5.74) is 15.7.